The van der Waals surface area contributed by atoms with E-state index >= 15 is 8.78 Å². The van der Waals surface area contributed by atoms with Gasteiger partial charge in [-0.05, 0) is 109 Å². The summed E-state index contributed by atoms with van der Waals surface area (Å²) < 4.78 is 128. The van der Waals surface area contributed by atoms with Crippen LogP contribution in [0.1, 0.15) is 141 Å². The van der Waals surface area contributed by atoms with E-state index in [9.17, 15) is 55.4 Å². The number of aldehydes is 1. The highest BCUT2D eigenvalue weighted by Gasteiger charge is 2.40. The molecule has 16 nitrogen and oxygen atoms in total. The topological polar surface area (TPSA) is 203 Å². The number of rotatable bonds is 16. The van der Waals surface area contributed by atoms with Crippen LogP contribution >= 0.6 is 0 Å². The molecule has 7 rings (SSSR count). The van der Waals surface area contributed by atoms with E-state index in [-0.39, 0.29) is 64.5 Å². The second-order valence-corrected chi connectivity index (χ2v) is 20.0. The second-order valence-electron chi connectivity index (χ2n) is 20.0. The molecule has 0 spiro atoms. The minimum atomic E-state index is -4.96. The van der Waals surface area contributed by atoms with Crippen molar-refractivity contribution in [2.75, 3.05) is 22.2 Å². The van der Waals surface area contributed by atoms with E-state index in [0.717, 1.165) is 75.5 Å². The molecular weight excluding hydrogens is 1050 g/mol. The fourth-order valence-corrected chi connectivity index (χ4v) is 9.29. The van der Waals surface area contributed by atoms with Gasteiger partial charge in [0, 0.05) is 72.7 Å². The number of benzene rings is 2. The molecule has 0 aliphatic heterocycles. The van der Waals surface area contributed by atoms with E-state index < -0.39 is 88.0 Å². The molecule has 2 amide bonds. The largest absolute Gasteiger partial charge is 0.478 e. The zero-order chi connectivity index (χ0) is 58.1. The third-order valence-corrected chi connectivity index (χ3v) is 13.5. The lowest BCUT2D eigenvalue weighted by Crippen LogP contribution is -2.43. The molecule has 2 N–H and O–H groups in total. The van der Waals surface area contributed by atoms with Crippen molar-refractivity contribution in [3.05, 3.63) is 113 Å². The monoisotopic (exact) mass is 1110 g/mol. The smallest absolute Gasteiger partial charge is 0.421 e. The summed E-state index contributed by atoms with van der Waals surface area (Å²) in [4.78, 5) is 80.2. The number of ether oxygens (including phenoxy) is 3. The van der Waals surface area contributed by atoms with Crippen LogP contribution in [0, 0.1) is 35.3 Å². The fourth-order valence-electron chi connectivity index (χ4n) is 9.29. The first-order chi connectivity index (χ1) is 37.2. The predicted molar refractivity (Wildman–Crippen MR) is 272 cm³/mol. The SMILES string of the molecule is CC1CCC(C(=O)N(c2cc(F)c(Oc3ncc(CNc4cncnc4)cc3C(F)(F)F)cc2C(=O)O)C(C)C)CC1.COC(=O)c1cc(Oc2ncc(C=O)cc2C(F)(F)F)c(F)cc1N(C(=O)C1CCC(C)CC1)C(C)C. The number of alkyl halides is 6. The number of anilines is 3. The van der Waals surface area contributed by atoms with Gasteiger partial charge in [-0.2, -0.15) is 26.3 Å². The first kappa shape index (κ1) is 60.4. The lowest BCUT2D eigenvalue weighted by molar-refractivity contribution is -0.139. The minimum absolute atomic E-state index is 0.0467. The number of aromatic nitrogens is 4. The number of hydrogen-bond acceptors (Lipinski definition) is 13. The molecule has 0 radical (unpaired) electrons. The Morgan fingerprint density at radius 3 is 1.54 bits per heavy atom. The van der Waals surface area contributed by atoms with Crippen LogP contribution in [0.25, 0.3) is 0 Å². The summed E-state index contributed by atoms with van der Waals surface area (Å²) in [6.07, 6.45) is 2.46. The molecule has 79 heavy (non-hydrogen) atoms. The lowest BCUT2D eigenvalue weighted by Gasteiger charge is -2.34. The Kier molecular flexibility index (Phi) is 19.7. The normalized spacial score (nSPS) is 17.5. The summed E-state index contributed by atoms with van der Waals surface area (Å²) >= 11 is 0. The van der Waals surface area contributed by atoms with E-state index in [2.05, 4.69) is 39.1 Å². The summed E-state index contributed by atoms with van der Waals surface area (Å²) in [5.74, 6) is -8.43. The van der Waals surface area contributed by atoms with E-state index in [0.29, 0.717) is 49.3 Å². The number of aromatic carboxylic acids is 1. The van der Waals surface area contributed by atoms with Crippen molar-refractivity contribution in [1.82, 2.24) is 19.9 Å². The molecule has 5 aromatic rings. The number of carbonyl (C=O) groups excluding carboxylic acids is 4. The number of carbonyl (C=O) groups is 5. The summed E-state index contributed by atoms with van der Waals surface area (Å²) in [6.45, 7) is 10.9. The fraction of sp³-hybridized carbons (Fsp3) is 0.436. The van der Waals surface area contributed by atoms with Crippen LogP contribution < -0.4 is 24.6 Å². The van der Waals surface area contributed by atoms with Gasteiger partial charge in [-0.1, -0.05) is 13.8 Å². The Labute approximate surface area is 449 Å². The Morgan fingerprint density at radius 2 is 1.11 bits per heavy atom. The third kappa shape index (κ3) is 15.1. The van der Waals surface area contributed by atoms with Crippen LogP contribution in [0.2, 0.25) is 0 Å². The van der Waals surface area contributed by atoms with Crippen molar-refractivity contribution < 1.29 is 78.4 Å². The number of amides is 2. The van der Waals surface area contributed by atoms with Crippen LogP contribution in [-0.4, -0.2) is 74.3 Å². The maximum absolute atomic E-state index is 15.4. The molecule has 0 atom stereocenters. The number of pyridine rings is 2. The first-order valence-corrected chi connectivity index (χ1v) is 25.3. The van der Waals surface area contributed by atoms with Crippen LogP contribution in [0.4, 0.5) is 52.2 Å². The van der Waals surface area contributed by atoms with Crippen LogP contribution in [0.15, 0.2) is 67.5 Å². The van der Waals surface area contributed by atoms with Crippen molar-refractivity contribution in [3.63, 3.8) is 0 Å². The quantitative estimate of drug-likeness (QED) is 0.0536. The van der Waals surface area contributed by atoms with Gasteiger partial charge in [0.05, 0.1) is 47.7 Å². The molecule has 2 saturated carbocycles. The number of carboxylic acid groups (broad SMARTS) is 1. The van der Waals surface area contributed by atoms with Gasteiger partial charge in [0.25, 0.3) is 0 Å². The van der Waals surface area contributed by atoms with E-state index in [4.69, 9.17) is 14.2 Å². The van der Waals surface area contributed by atoms with Crippen molar-refractivity contribution in [1.29, 1.82) is 0 Å². The molecule has 2 aromatic carbocycles. The van der Waals surface area contributed by atoms with Gasteiger partial charge in [0.1, 0.15) is 17.5 Å². The average Bonchev–Trinajstić information content (AvgIpc) is 3.43. The molecule has 0 bridgehead atoms. The Balaban J connectivity index is 0.000000257. The standard InChI is InChI=1S/C29H31F4N5O4.C26H28F4N2O5/c1-16(2)38(27(39)19-6-4-17(3)5-7-19)24-10-23(30)25(9-21(24)28(40)41)42-26-22(29(31,32)33)8-18(12-37-26)11-36-20-13-34-15-35-14-20;1-14(2)32(24(34)17-7-5-15(3)6-8-17)21-11-20(27)22(10-18(21)25(35)36-4)37-23-19(26(28,29)30)9-16(13-33)12-31-23/h8-10,12-17,19,36H,4-7,11H2,1-3H3,(H,40,41);9-15,17H,5-8H2,1-4H3. The van der Waals surface area contributed by atoms with Gasteiger partial charge in [0.2, 0.25) is 23.6 Å². The number of carboxylic acids is 1. The van der Waals surface area contributed by atoms with Gasteiger partial charge < -0.3 is 34.4 Å². The van der Waals surface area contributed by atoms with E-state index in [1.807, 2.05) is 0 Å². The van der Waals surface area contributed by atoms with Crippen LogP contribution in [0.5, 0.6) is 23.3 Å². The molecule has 2 fully saturated rings. The van der Waals surface area contributed by atoms with Gasteiger partial charge >= 0.3 is 24.3 Å². The molecule has 3 aromatic heterocycles. The van der Waals surface area contributed by atoms with Crippen molar-refractivity contribution in [3.8, 4) is 23.3 Å². The third-order valence-electron chi connectivity index (χ3n) is 13.5. The van der Waals surface area contributed by atoms with Gasteiger partial charge in [-0.25, -0.2) is 38.3 Å². The highest BCUT2D eigenvalue weighted by Crippen LogP contribution is 2.43. The first-order valence-electron chi connectivity index (χ1n) is 25.3. The van der Waals surface area contributed by atoms with Crippen molar-refractivity contribution in [2.45, 2.75) is 124 Å². The molecule has 2 aliphatic rings. The Bertz CT molecular complexity index is 3000. The minimum Gasteiger partial charge on any atom is -0.478 e. The second kappa shape index (κ2) is 25.8. The van der Waals surface area contributed by atoms with E-state index in [1.165, 1.54) is 28.5 Å². The Hall–Kier alpha value is -7.79. The maximum Gasteiger partial charge on any atom is 0.421 e. The molecule has 3 heterocycles. The number of esters is 1. The molecule has 0 saturated heterocycles. The highest BCUT2D eigenvalue weighted by atomic mass is 19.4. The predicted octanol–water partition coefficient (Wildman–Crippen LogP) is 12.9. The maximum atomic E-state index is 15.4. The number of halogens is 8. The molecule has 424 valence electrons. The summed E-state index contributed by atoms with van der Waals surface area (Å²) in [5, 5.41) is 12.8. The lowest BCUT2D eigenvalue weighted by atomic mass is 9.82. The van der Waals surface area contributed by atoms with Crippen molar-refractivity contribution >= 4 is 47.1 Å². The van der Waals surface area contributed by atoms with Crippen molar-refractivity contribution in [2.24, 2.45) is 23.7 Å². The average molecular weight is 1110 g/mol. The Morgan fingerprint density at radius 1 is 0.671 bits per heavy atom. The zero-order valence-corrected chi connectivity index (χ0v) is 44.2. The number of methoxy groups -OCH3 is 1. The number of nitrogens with zero attached hydrogens (tertiary/aromatic N) is 6. The van der Waals surface area contributed by atoms with Gasteiger partial charge in [-0.15, -0.1) is 0 Å². The molecular formula is C55H59F8N7O9. The number of nitrogens with one attached hydrogen (secondary N) is 1. The molecule has 0 unspecified atom stereocenters. The number of hydrogen-bond donors (Lipinski definition) is 2. The summed E-state index contributed by atoms with van der Waals surface area (Å²) in [6, 6.07) is 3.70. The van der Waals surface area contributed by atoms with Gasteiger partial charge in [0.15, 0.2) is 29.4 Å². The van der Waals surface area contributed by atoms with E-state index in [1.54, 1.807) is 27.7 Å². The highest BCUT2D eigenvalue weighted by molar-refractivity contribution is 6.05. The summed E-state index contributed by atoms with van der Waals surface area (Å²) in [5.41, 5.74) is -3.43. The van der Waals surface area contributed by atoms with Crippen LogP contribution in [0.3, 0.4) is 0 Å². The van der Waals surface area contributed by atoms with Crippen LogP contribution in [-0.2, 0) is 33.2 Å². The zero-order valence-electron chi connectivity index (χ0n) is 44.2. The molecule has 2 aliphatic carbocycles. The molecule has 24 heteroatoms. The van der Waals surface area contributed by atoms with Gasteiger partial charge in [-0.3, -0.25) is 14.4 Å². The summed E-state index contributed by atoms with van der Waals surface area (Å²) in [7, 11) is 1.08.